The predicted molar refractivity (Wildman–Crippen MR) is 72.9 cm³/mol. The van der Waals surface area contributed by atoms with Crippen LogP contribution >= 0.6 is 0 Å². The zero-order chi connectivity index (χ0) is 13.7. The number of rotatable bonds is 5. The lowest BCUT2D eigenvalue weighted by molar-refractivity contribution is 0.0943. The number of amides is 1. The van der Waals surface area contributed by atoms with E-state index < -0.39 is 0 Å². The van der Waals surface area contributed by atoms with Gasteiger partial charge in [-0.2, -0.15) is 0 Å². The minimum absolute atomic E-state index is 0.0574. The number of carbonyl (C=O) groups is 1. The van der Waals surface area contributed by atoms with Crippen LogP contribution < -0.4 is 10.6 Å². The van der Waals surface area contributed by atoms with Crippen molar-refractivity contribution in [2.45, 2.75) is 26.4 Å². The summed E-state index contributed by atoms with van der Waals surface area (Å²) in [6, 6.07) is 9.27. The average molecular weight is 259 g/mol. The number of nitrogens with zero attached hydrogens (tertiary/aromatic N) is 1. The third-order valence-corrected chi connectivity index (χ3v) is 2.53. The largest absolute Gasteiger partial charge is 0.379 e. The van der Waals surface area contributed by atoms with Crippen LogP contribution in [0, 0.1) is 0 Å². The highest BCUT2D eigenvalue weighted by molar-refractivity contribution is 5.94. The molecule has 0 aliphatic rings. The third-order valence-electron chi connectivity index (χ3n) is 2.53. The van der Waals surface area contributed by atoms with Gasteiger partial charge in [0, 0.05) is 23.4 Å². The fourth-order valence-electron chi connectivity index (χ4n) is 1.61. The smallest absolute Gasteiger partial charge is 0.251 e. The Morgan fingerprint density at radius 2 is 2.00 bits per heavy atom. The maximum atomic E-state index is 11.8. The molecule has 2 rings (SSSR count). The number of carbonyl (C=O) groups excluding carboxylic acids is 1. The molecule has 0 fully saturated rings. The first-order chi connectivity index (χ1) is 9.15. The summed E-state index contributed by atoms with van der Waals surface area (Å²) in [6.07, 6.45) is 1.54. The van der Waals surface area contributed by atoms with Gasteiger partial charge in [0.05, 0.1) is 6.54 Å². The Kier molecular flexibility index (Phi) is 4.18. The molecule has 1 amide bonds. The fraction of sp³-hybridized carbons (Fsp3) is 0.286. The summed E-state index contributed by atoms with van der Waals surface area (Å²) in [5.41, 5.74) is 2.42. The van der Waals surface area contributed by atoms with Crippen molar-refractivity contribution < 1.29 is 9.32 Å². The highest BCUT2D eigenvalue weighted by atomic mass is 16.5. The van der Waals surface area contributed by atoms with Gasteiger partial charge < -0.3 is 15.2 Å². The molecule has 0 aliphatic heterocycles. The highest BCUT2D eigenvalue weighted by Crippen LogP contribution is 2.11. The first kappa shape index (κ1) is 13.1. The van der Waals surface area contributed by atoms with E-state index >= 15 is 0 Å². The van der Waals surface area contributed by atoms with Crippen molar-refractivity contribution >= 4 is 11.6 Å². The number of anilines is 1. The van der Waals surface area contributed by atoms with E-state index in [-0.39, 0.29) is 11.9 Å². The molecule has 0 atom stereocenters. The van der Waals surface area contributed by atoms with Crippen LogP contribution in [0.15, 0.2) is 41.1 Å². The molecular weight excluding hydrogens is 242 g/mol. The monoisotopic (exact) mass is 259 g/mol. The van der Waals surface area contributed by atoms with E-state index in [2.05, 4.69) is 15.8 Å². The molecule has 5 heteroatoms. The predicted octanol–water partition coefficient (Wildman–Crippen LogP) is 2.42. The zero-order valence-electron chi connectivity index (χ0n) is 11.0. The number of benzene rings is 1. The van der Waals surface area contributed by atoms with E-state index in [1.165, 1.54) is 6.26 Å². The highest BCUT2D eigenvalue weighted by Gasteiger charge is 2.06. The molecule has 1 aromatic carbocycles. The molecule has 5 nitrogen and oxygen atoms in total. The van der Waals surface area contributed by atoms with Gasteiger partial charge in [-0.3, -0.25) is 4.79 Å². The van der Waals surface area contributed by atoms with E-state index in [1.807, 2.05) is 26.0 Å². The van der Waals surface area contributed by atoms with Crippen LogP contribution in [0.1, 0.15) is 29.9 Å². The quantitative estimate of drug-likeness (QED) is 0.865. The molecule has 0 saturated heterocycles. The summed E-state index contributed by atoms with van der Waals surface area (Å²) in [6.45, 7) is 4.46. The maximum absolute atomic E-state index is 11.8. The Morgan fingerprint density at radius 1 is 1.26 bits per heavy atom. The molecule has 2 aromatic rings. The molecule has 0 radical (unpaired) electrons. The summed E-state index contributed by atoms with van der Waals surface area (Å²) < 4.78 is 4.75. The van der Waals surface area contributed by atoms with Crippen molar-refractivity contribution in [2.24, 2.45) is 0 Å². The molecule has 100 valence electrons. The van der Waals surface area contributed by atoms with Gasteiger partial charge in [0.2, 0.25) is 0 Å². The molecule has 2 N–H and O–H groups in total. The van der Waals surface area contributed by atoms with Crippen LogP contribution in [0.5, 0.6) is 0 Å². The lowest BCUT2D eigenvalue weighted by Gasteiger charge is -2.09. The zero-order valence-corrected chi connectivity index (χ0v) is 11.0. The van der Waals surface area contributed by atoms with Crippen molar-refractivity contribution in [1.82, 2.24) is 10.5 Å². The van der Waals surface area contributed by atoms with E-state index in [0.717, 1.165) is 11.4 Å². The number of aromatic nitrogens is 1. The average Bonchev–Trinajstić information content (AvgIpc) is 2.89. The first-order valence-corrected chi connectivity index (χ1v) is 6.19. The van der Waals surface area contributed by atoms with Crippen LogP contribution in [0.2, 0.25) is 0 Å². The van der Waals surface area contributed by atoms with E-state index in [0.29, 0.717) is 12.1 Å². The van der Waals surface area contributed by atoms with Gasteiger partial charge in [0.15, 0.2) is 0 Å². The Labute approximate surface area is 112 Å². The Bertz CT molecular complexity index is 518. The molecule has 0 unspecified atom stereocenters. The minimum Gasteiger partial charge on any atom is -0.379 e. The second-order valence-electron chi connectivity index (χ2n) is 4.55. The molecule has 19 heavy (non-hydrogen) atoms. The van der Waals surface area contributed by atoms with Crippen molar-refractivity contribution in [3.63, 3.8) is 0 Å². The van der Waals surface area contributed by atoms with Gasteiger partial charge in [-0.1, -0.05) is 5.16 Å². The number of nitrogens with one attached hydrogen (secondary N) is 2. The summed E-state index contributed by atoms with van der Waals surface area (Å²) in [5, 5.41) is 9.86. The Morgan fingerprint density at radius 3 is 2.58 bits per heavy atom. The van der Waals surface area contributed by atoms with Crippen molar-refractivity contribution in [3.05, 3.63) is 47.9 Å². The minimum atomic E-state index is -0.0574. The molecule has 0 saturated carbocycles. The van der Waals surface area contributed by atoms with Gasteiger partial charge in [-0.15, -0.1) is 0 Å². The van der Waals surface area contributed by atoms with Crippen LogP contribution in [0.4, 0.5) is 5.69 Å². The van der Waals surface area contributed by atoms with Crippen LogP contribution in [0.25, 0.3) is 0 Å². The Hall–Kier alpha value is -2.30. The molecule has 0 spiro atoms. The van der Waals surface area contributed by atoms with Crippen molar-refractivity contribution in [2.75, 3.05) is 5.32 Å². The first-order valence-electron chi connectivity index (χ1n) is 6.19. The third kappa shape index (κ3) is 3.84. The van der Waals surface area contributed by atoms with E-state index in [9.17, 15) is 4.79 Å². The Balaban J connectivity index is 1.92. The van der Waals surface area contributed by atoms with E-state index in [4.69, 9.17) is 4.52 Å². The van der Waals surface area contributed by atoms with Gasteiger partial charge in [-0.05, 0) is 38.1 Å². The van der Waals surface area contributed by atoms with Gasteiger partial charge in [0.25, 0.3) is 5.91 Å². The second kappa shape index (κ2) is 6.04. The van der Waals surface area contributed by atoms with Crippen molar-refractivity contribution in [1.29, 1.82) is 0 Å². The molecule has 1 heterocycles. The molecule has 0 aliphatic carbocycles. The van der Waals surface area contributed by atoms with Crippen LogP contribution in [-0.4, -0.2) is 17.1 Å². The topological polar surface area (TPSA) is 67.2 Å². The summed E-state index contributed by atoms with van der Waals surface area (Å²) >= 11 is 0. The van der Waals surface area contributed by atoms with Gasteiger partial charge in [-0.25, -0.2) is 0 Å². The number of hydrogen-bond acceptors (Lipinski definition) is 4. The standard InChI is InChI=1S/C14H17N3O2/c1-10(2)16-14(18)11-3-5-12(6-4-11)15-9-13-7-8-19-17-13/h3-8,10,15H,9H2,1-2H3,(H,16,18). The summed E-state index contributed by atoms with van der Waals surface area (Å²) in [4.78, 5) is 11.8. The van der Waals surface area contributed by atoms with Crippen LogP contribution in [-0.2, 0) is 6.54 Å². The summed E-state index contributed by atoms with van der Waals surface area (Å²) in [5.74, 6) is -0.0574. The molecule has 0 bridgehead atoms. The maximum Gasteiger partial charge on any atom is 0.251 e. The summed E-state index contributed by atoms with van der Waals surface area (Å²) in [7, 11) is 0. The molecular formula is C14H17N3O2. The fourth-order valence-corrected chi connectivity index (χ4v) is 1.61. The molecule has 1 aromatic heterocycles. The van der Waals surface area contributed by atoms with Gasteiger partial charge in [0.1, 0.15) is 12.0 Å². The SMILES string of the molecule is CC(C)NC(=O)c1ccc(NCc2ccon2)cc1. The van der Waals surface area contributed by atoms with Crippen LogP contribution in [0.3, 0.4) is 0 Å². The second-order valence-corrected chi connectivity index (χ2v) is 4.55. The van der Waals surface area contributed by atoms with Gasteiger partial charge >= 0.3 is 0 Å². The normalized spacial score (nSPS) is 10.5. The lowest BCUT2D eigenvalue weighted by atomic mass is 10.2. The lowest BCUT2D eigenvalue weighted by Crippen LogP contribution is -2.29. The van der Waals surface area contributed by atoms with Crippen molar-refractivity contribution in [3.8, 4) is 0 Å². The van der Waals surface area contributed by atoms with E-state index in [1.54, 1.807) is 18.2 Å². The number of hydrogen-bond donors (Lipinski definition) is 2.